The zero-order chi connectivity index (χ0) is 37.1. The van der Waals surface area contributed by atoms with Crippen LogP contribution in [0.2, 0.25) is 0 Å². The molecule has 2 atom stereocenters. The Morgan fingerprint density at radius 2 is 1.06 bits per heavy atom. The van der Waals surface area contributed by atoms with Crippen molar-refractivity contribution >= 4 is 17.9 Å². The minimum Gasteiger partial charge on any atom is -0.544 e. The molecule has 0 rings (SSSR count). The first kappa shape index (κ1) is 47.3. The average Bonchev–Trinajstić information content (AvgIpc) is 3.06. The van der Waals surface area contributed by atoms with E-state index in [-0.39, 0.29) is 42.7 Å². The third-order valence-electron chi connectivity index (χ3n) is 8.46. The molecule has 0 saturated heterocycles. The van der Waals surface area contributed by atoms with Crippen molar-refractivity contribution in [3.8, 4) is 0 Å². The highest BCUT2D eigenvalue weighted by atomic mass is 16.6. The Labute approximate surface area is 306 Å². The number of rotatable bonds is 34. The van der Waals surface area contributed by atoms with E-state index in [1.165, 1.54) is 25.7 Å². The number of carboxylic acids is 1. The number of allylic oxidation sites excluding steroid dienone is 8. The van der Waals surface area contributed by atoms with Crippen LogP contribution in [0.25, 0.3) is 0 Å². The summed E-state index contributed by atoms with van der Waals surface area (Å²) in [5.74, 6) is -1.77. The number of carbonyl (C=O) groups excluding carboxylic acids is 3. The average molecular weight is 704 g/mol. The molecule has 0 amide bonds. The van der Waals surface area contributed by atoms with Gasteiger partial charge in [-0.1, -0.05) is 114 Å². The van der Waals surface area contributed by atoms with Gasteiger partial charge in [0, 0.05) is 19.3 Å². The van der Waals surface area contributed by atoms with Crippen molar-refractivity contribution in [2.75, 3.05) is 41.0 Å². The molecule has 0 bridgehead atoms. The monoisotopic (exact) mass is 704 g/mol. The second-order valence-electron chi connectivity index (χ2n) is 14.1. The van der Waals surface area contributed by atoms with Crippen molar-refractivity contribution in [2.45, 2.75) is 161 Å². The molecule has 0 aromatic carbocycles. The summed E-state index contributed by atoms with van der Waals surface area (Å²) in [6.45, 7) is 4.40. The summed E-state index contributed by atoms with van der Waals surface area (Å²) in [5.41, 5.74) is 0. The molecule has 0 fully saturated rings. The van der Waals surface area contributed by atoms with Crippen LogP contribution in [-0.2, 0) is 28.6 Å². The Hall–Kier alpha value is -2.71. The van der Waals surface area contributed by atoms with Crippen molar-refractivity contribution in [2.24, 2.45) is 0 Å². The topological polar surface area (TPSA) is 102 Å². The standard InChI is InChI=1S/C42H73NO7/c1-6-8-10-12-14-16-18-20-21-23-24-26-28-30-32-40(44)49-37-38(36-48-35-34-39(42(46)47)43(3,4)5)50-41(45)33-31-29-27-25-22-19-17-15-13-11-9-7-2/h8-11,14-17,38-39H,6-7,12-13,18-37H2,1-5H3/b10-8+,11-9+,16-14+,17-15+. The van der Waals surface area contributed by atoms with Gasteiger partial charge in [0.15, 0.2) is 6.10 Å². The third-order valence-corrected chi connectivity index (χ3v) is 8.46. The number of carbonyl (C=O) groups is 3. The van der Waals surface area contributed by atoms with Crippen molar-refractivity contribution in [1.82, 2.24) is 0 Å². The minimum atomic E-state index is -1.13. The van der Waals surface area contributed by atoms with Crippen molar-refractivity contribution < 1.29 is 38.2 Å². The van der Waals surface area contributed by atoms with E-state index in [9.17, 15) is 19.5 Å². The fourth-order valence-corrected chi connectivity index (χ4v) is 5.44. The molecule has 2 unspecified atom stereocenters. The molecule has 0 aromatic rings. The molecule has 8 nitrogen and oxygen atoms in total. The Bertz CT molecular complexity index is 964. The van der Waals surface area contributed by atoms with Crippen molar-refractivity contribution in [3.63, 3.8) is 0 Å². The maximum Gasteiger partial charge on any atom is 0.306 e. The van der Waals surface area contributed by atoms with Gasteiger partial charge in [-0.2, -0.15) is 0 Å². The van der Waals surface area contributed by atoms with Crippen LogP contribution in [0.15, 0.2) is 48.6 Å². The van der Waals surface area contributed by atoms with Crippen LogP contribution in [0.3, 0.4) is 0 Å². The fraction of sp³-hybridized carbons (Fsp3) is 0.738. The molecule has 0 radical (unpaired) electrons. The van der Waals surface area contributed by atoms with Crippen LogP contribution in [0.4, 0.5) is 0 Å². The first-order valence-electron chi connectivity index (χ1n) is 19.7. The number of nitrogens with zero attached hydrogens (tertiary/aromatic N) is 1. The molecular weight excluding hydrogens is 630 g/mol. The van der Waals surface area contributed by atoms with Gasteiger partial charge in [0.25, 0.3) is 0 Å². The van der Waals surface area contributed by atoms with Crippen LogP contribution in [0.1, 0.15) is 149 Å². The lowest BCUT2D eigenvalue weighted by atomic mass is 10.1. The molecule has 288 valence electrons. The number of hydrogen-bond acceptors (Lipinski definition) is 7. The normalized spacial score (nSPS) is 13.5. The summed E-state index contributed by atoms with van der Waals surface area (Å²) in [6, 6.07) is -0.729. The molecule has 50 heavy (non-hydrogen) atoms. The number of ether oxygens (including phenoxy) is 3. The van der Waals surface area contributed by atoms with Crippen LogP contribution in [0.5, 0.6) is 0 Å². The number of likely N-dealkylation sites (N-methyl/N-ethyl adjacent to an activating group) is 1. The number of carboxylic acid groups (broad SMARTS) is 1. The van der Waals surface area contributed by atoms with Crippen molar-refractivity contribution in [3.05, 3.63) is 48.6 Å². The summed E-state index contributed by atoms with van der Waals surface area (Å²) in [4.78, 5) is 36.7. The van der Waals surface area contributed by atoms with E-state index in [1.807, 2.05) is 0 Å². The summed E-state index contributed by atoms with van der Waals surface area (Å²) >= 11 is 0. The van der Waals surface area contributed by atoms with Crippen LogP contribution < -0.4 is 5.11 Å². The zero-order valence-corrected chi connectivity index (χ0v) is 32.5. The number of hydrogen-bond donors (Lipinski definition) is 0. The van der Waals surface area contributed by atoms with E-state index in [0.717, 1.165) is 89.9 Å². The highest BCUT2D eigenvalue weighted by Gasteiger charge is 2.25. The van der Waals surface area contributed by atoms with E-state index in [1.54, 1.807) is 21.1 Å². The number of aliphatic carboxylic acids is 1. The van der Waals surface area contributed by atoms with Crippen molar-refractivity contribution in [1.29, 1.82) is 0 Å². The highest BCUT2D eigenvalue weighted by molar-refractivity contribution is 5.70. The highest BCUT2D eigenvalue weighted by Crippen LogP contribution is 2.13. The van der Waals surface area contributed by atoms with Gasteiger partial charge in [-0.3, -0.25) is 9.59 Å². The quantitative estimate of drug-likeness (QED) is 0.0286. The fourth-order valence-electron chi connectivity index (χ4n) is 5.44. The van der Waals surface area contributed by atoms with Gasteiger partial charge in [0.1, 0.15) is 12.6 Å². The predicted octanol–water partition coefficient (Wildman–Crippen LogP) is 8.74. The number of unbranched alkanes of at least 4 members (excludes halogenated alkanes) is 12. The van der Waals surface area contributed by atoms with E-state index in [2.05, 4.69) is 62.5 Å². The summed E-state index contributed by atoms with van der Waals surface area (Å²) in [6.07, 6.45) is 37.1. The van der Waals surface area contributed by atoms with Gasteiger partial charge in [0.05, 0.1) is 40.3 Å². The Kier molecular flexibility index (Phi) is 31.6. The van der Waals surface area contributed by atoms with Gasteiger partial charge < -0.3 is 28.6 Å². The summed E-state index contributed by atoms with van der Waals surface area (Å²) in [5, 5.41) is 11.6. The second-order valence-corrected chi connectivity index (χ2v) is 14.1. The Morgan fingerprint density at radius 1 is 0.600 bits per heavy atom. The predicted molar refractivity (Wildman–Crippen MR) is 203 cm³/mol. The van der Waals surface area contributed by atoms with Gasteiger partial charge in [-0.05, 0) is 64.2 Å². The molecule has 0 aliphatic rings. The van der Waals surface area contributed by atoms with Crippen LogP contribution in [0, 0.1) is 0 Å². The smallest absolute Gasteiger partial charge is 0.306 e. The third kappa shape index (κ3) is 31.3. The summed E-state index contributed by atoms with van der Waals surface area (Å²) in [7, 11) is 5.38. The second kappa shape index (κ2) is 33.4. The molecule has 0 aromatic heterocycles. The van der Waals surface area contributed by atoms with E-state index in [4.69, 9.17) is 14.2 Å². The maximum atomic E-state index is 12.6. The molecule has 0 saturated carbocycles. The minimum absolute atomic E-state index is 0.0311. The van der Waals surface area contributed by atoms with Gasteiger partial charge in [-0.15, -0.1) is 0 Å². The number of esters is 2. The Morgan fingerprint density at radius 3 is 1.54 bits per heavy atom. The zero-order valence-electron chi connectivity index (χ0n) is 32.5. The lowest BCUT2D eigenvalue weighted by Crippen LogP contribution is -2.55. The van der Waals surface area contributed by atoms with Crippen LogP contribution in [-0.4, -0.2) is 75.5 Å². The van der Waals surface area contributed by atoms with E-state index in [0.29, 0.717) is 12.8 Å². The molecule has 8 heteroatoms. The lowest BCUT2D eigenvalue weighted by Gasteiger charge is -2.34. The molecule has 0 spiro atoms. The molecule has 0 heterocycles. The molecule has 0 aliphatic heterocycles. The lowest BCUT2D eigenvalue weighted by molar-refractivity contribution is -0.889. The summed E-state index contributed by atoms with van der Waals surface area (Å²) < 4.78 is 17.1. The Balaban J connectivity index is 4.43. The first-order chi connectivity index (χ1) is 24.1. The van der Waals surface area contributed by atoms with Gasteiger partial charge in [0.2, 0.25) is 0 Å². The number of quaternary nitrogens is 1. The van der Waals surface area contributed by atoms with Gasteiger partial charge >= 0.3 is 11.9 Å². The first-order valence-corrected chi connectivity index (χ1v) is 19.7. The molecule has 0 N–H and O–H groups in total. The molecule has 0 aliphatic carbocycles. The van der Waals surface area contributed by atoms with E-state index < -0.39 is 18.1 Å². The SMILES string of the molecule is CC/C=C/C/C=C/CCCCCCCCCC(=O)OCC(COCCC(C(=O)[O-])[N+](C)(C)C)OC(=O)CCCCCCC/C=C/C/C=C/CC. The maximum absolute atomic E-state index is 12.6. The largest absolute Gasteiger partial charge is 0.544 e. The van der Waals surface area contributed by atoms with Gasteiger partial charge in [-0.25, -0.2) is 0 Å². The van der Waals surface area contributed by atoms with E-state index >= 15 is 0 Å². The van der Waals surface area contributed by atoms with Crippen LogP contribution >= 0.6 is 0 Å². The molecular formula is C42H73NO7.